The van der Waals surface area contributed by atoms with Crippen LogP contribution in [0.3, 0.4) is 0 Å². The zero-order chi connectivity index (χ0) is 12.8. The van der Waals surface area contributed by atoms with Crippen molar-refractivity contribution >= 4 is 11.9 Å². The van der Waals surface area contributed by atoms with Gasteiger partial charge >= 0.3 is 5.97 Å². The van der Waals surface area contributed by atoms with Crippen molar-refractivity contribution in [3.63, 3.8) is 0 Å². The Hall–Kier alpha value is -1.82. The number of aliphatic hydroxyl groups excluding tert-OH is 1. The van der Waals surface area contributed by atoms with Gasteiger partial charge in [0.05, 0.1) is 0 Å². The average molecular weight is 241 g/mol. The van der Waals surface area contributed by atoms with Gasteiger partial charge in [-0.1, -0.05) is 6.92 Å². The molecule has 0 unspecified atom stereocenters. The average Bonchev–Trinajstić information content (AvgIpc) is 2.77. The Kier molecular flexibility index (Phi) is 4.71. The van der Waals surface area contributed by atoms with Gasteiger partial charge in [0.1, 0.15) is 5.76 Å². The lowest BCUT2D eigenvalue weighted by Gasteiger charge is -2.05. The molecular weight excluding hydrogens is 226 g/mol. The van der Waals surface area contributed by atoms with Gasteiger partial charge < -0.3 is 19.9 Å². The largest absolute Gasteiger partial charge is 0.479 e. The van der Waals surface area contributed by atoms with Crippen molar-refractivity contribution < 1.29 is 24.2 Å². The number of carboxylic acids is 1. The molecule has 1 aromatic heterocycles. The molecule has 0 radical (unpaired) electrons. The number of aliphatic hydroxyl groups is 1. The van der Waals surface area contributed by atoms with Gasteiger partial charge in [-0.25, -0.2) is 4.79 Å². The van der Waals surface area contributed by atoms with E-state index in [-0.39, 0.29) is 18.7 Å². The molecule has 3 N–H and O–H groups in total. The van der Waals surface area contributed by atoms with Gasteiger partial charge in [0.15, 0.2) is 11.9 Å². The fraction of sp³-hybridized carbons (Fsp3) is 0.455. The third kappa shape index (κ3) is 3.92. The van der Waals surface area contributed by atoms with Crippen molar-refractivity contribution in [3.05, 3.63) is 23.7 Å². The number of carboxylic acid groups (broad SMARTS) is 1. The molecule has 1 heterocycles. The number of carbonyl (C=O) groups excluding carboxylic acids is 1. The predicted molar refractivity (Wildman–Crippen MR) is 58.7 cm³/mol. The van der Waals surface area contributed by atoms with Crippen LogP contribution in [0.2, 0.25) is 0 Å². The van der Waals surface area contributed by atoms with E-state index in [9.17, 15) is 9.59 Å². The van der Waals surface area contributed by atoms with E-state index in [0.29, 0.717) is 12.2 Å². The fourth-order valence-corrected chi connectivity index (χ4v) is 1.22. The smallest absolute Gasteiger partial charge is 0.332 e. The van der Waals surface area contributed by atoms with Crippen molar-refractivity contribution in [3.8, 4) is 0 Å². The van der Waals surface area contributed by atoms with Gasteiger partial charge in [-0.2, -0.15) is 0 Å². The molecule has 0 saturated heterocycles. The third-order valence-corrected chi connectivity index (χ3v) is 2.22. The van der Waals surface area contributed by atoms with E-state index in [0.717, 1.165) is 0 Å². The number of nitrogens with one attached hydrogen (secondary N) is 1. The van der Waals surface area contributed by atoms with Crippen LogP contribution in [0.25, 0.3) is 0 Å². The Morgan fingerprint density at radius 1 is 1.47 bits per heavy atom. The molecule has 0 saturated carbocycles. The van der Waals surface area contributed by atoms with E-state index in [1.165, 1.54) is 0 Å². The van der Waals surface area contributed by atoms with E-state index < -0.39 is 18.0 Å². The predicted octanol–water partition coefficient (Wildman–Crippen LogP) is 0.407. The summed E-state index contributed by atoms with van der Waals surface area (Å²) in [5.74, 6) is -0.819. The maximum Gasteiger partial charge on any atom is 0.332 e. The summed E-state index contributed by atoms with van der Waals surface area (Å²) in [4.78, 5) is 21.8. The minimum atomic E-state index is -1.46. The van der Waals surface area contributed by atoms with Crippen molar-refractivity contribution in [1.82, 2.24) is 5.32 Å². The first-order chi connectivity index (χ1) is 8.04. The molecule has 0 aromatic carbocycles. The third-order valence-electron chi connectivity index (χ3n) is 2.22. The van der Waals surface area contributed by atoms with Gasteiger partial charge in [-0.05, 0) is 12.1 Å². The number of carbonyl (C=O) groups is 2. The molecule has 0 bridgehead atoms. The van der Waals surface area contributed by atoms with E-state index in [1.54, 1.807) is 12.1 Å². The molecule has 0 aliphatic rings. The molecule has 1 amide bonds. The van der Waals surface area contributed by atoms with Crippen LogP contribution in [0.5, 0.6) is 0 Å². The number of aryl methyl sites for hydroxylation is 1. The van der Waals surface area contributed by atoms with Crippen molar-refractivity contribution in [2.24, 2.45) is 0 Å². The summed E-state index contributed by atoms with van der Waals surface area (Å²) >= 11 is 0. The number of amides is 1. The Morgan fingerprint density at radius 2 is 2.18 bits per heavy atom. The summed E-state index contributed by atoms with van der Waals surface area (Å²) in [6.07, 6.45) is -0.800. The molecule has 0 spiro atoms. The summed E-state index contributed by atoms with van der Waals surface area (Å²) in [6, 6.07) is 3.27. The number of furan rings is 1. The van der Waals surface area contributed by atoms with Crippen LogP contribution in [-0.4, -0.2) is 34.7 Å². The second-order valence-corrected chi connectivity index (χ2v) is 3.52. The maximum absolute atomic E-state index is 11.5. The fourth-order valence-electron chi connectivity index (χ4n) is 1.22. The second kappa shape index (κ2) is 6.05. The van der Waals surface area contributed by atoms with Crippen LogP contribution in [0.15, 0.2) is 16.5 Å². The number of aliphatic carboxylic acids is 1. The first-order valence-corrected chi connectivity index (χ1v) is 5.32. The van der Waals surface area contributed by atoms with Gasteiger partial charge in [0.2, 0.25) is 0 Å². The van der Waals surface area contributed by atoms with Gasteiger partial charge in [0.25, 0.3) is 5.91 Å². The van der Waals surface area contributed by atoms with E-state index in [2.05, 4.69) is 5.32 Å². The molecule has 17 heavy (non-hydrogen) atoms. The van der Waals surface area contributed by atoms with Crippen LogP contribution < -0.4 is 5.32 Å². The van der Waals surface area contributed by atoms with E-state index >= 15 is 0 Å². The van der Waals surface area contributed by atoms with Crippen LogP contribution in [0, 0.1) is 0 Å². The molecule has 6 nitrogen and oxygen atoms in total. The van der Waals surface area contributed by atoms with E-state index in [4.69, 9.17) is 14.6 Å². The molecule has 0 aliphatic heterocycles. The topological polar surface area (TPSA) is 99.8 Å². The lowest BCUT2D eigenvalue weighted by molar-refractivity contribution is -0.146. The monoisotopic (exact) mass is 241 g/mol. The normalized spacial score (nSPS) is 12.1. The maximum atomic E-state index is 11.5. The molecule has 0 fully saturated rings. The van der Waals surface area contributed by atoms with Crippen molar-refractivity contribution in [1.29, 1.82) is 0 Å². The van der Waals surface area contributed by atoms with Crippen LogP contribution in [0.1, 0.15) is 29.7 Å². The summed E-state index contributed by atoms with van der Waals surface area (Å²) < 4.78 is 5.21. The Bertz CT molecular complexity index is 398. The second-order valence-electron chi connectivity index (χ2n) is 3.52. The van der Waals surface area contributed by atoms with Crippen LogP contribution in [-0.2, 0) is 11.2 Å². The molecule has 0 aliphatic carbocycles. The lowest BCUT2D eigenvalue weighted by atomic mass is 10.2. The molecule has 1 atom stereocenters. The quantitative estimate of drug-likeness (QED) is 0.669. The highest BCUT2D eigenvalue weighted by atomic mass is 16.4. The summed E-state index contributed by atoms with van der Waals surface area (Å²) in [6.45, 7) is 1.98. The lowest BCUT2D eigenvalue weighted by Crippen LogP contribution is -2.29. The zero-order valence-corrected chi connectivity index (χ0v) is 9.47. The Labute approximate surface area is 98.2 Å². The van der Waals surface area contributed by atoms with Gasteiger partial charge in [-0.3, -0.25) is 4.79 Å². The number of hydrogen-bond donors (Lipinski definition) is 3. The zero-order valence-electron chi connectivity index (χ0n) is 9.47. The number of rotatable bonds is 6. The van der Waals surface area contributed by atoms with Gasteiger partial charge in [-0.15, -0.1) is 0 Å². The molecule has 1 rings (SSSR count). The molecule has 1 aromatic rings. The van der Waals surface area contributed by atoms with E-state index in [1.807, 2.05) is 6.92 Å². The summed E-state index contributed by atoms with van der Waals surface area (Å²) in [7, 11) is 0. The van der Waals surface area contributed by atoms with Crippen LogP contribution in [0.4, 0.5) is 0 Å². The standard InChI is InChI=1S/C11H15NO5/c1-2-7-3-4-9(17-7)10(14)12-6-5-8(13)11(15)16/h3-4,8,13H,2,5-6H2,1H3,(H,12,14)(H,15,16)/t8-/m0/s1. The minimum absolute atomic E-state index is 0.0393. The molecule has 94 valence electrons. The SMILES string of the molecule is CCc1ccc(C(=O)NCC[C@H](O)C(=O)O)o1. The first-order valence-electron chi connectivity index (χ1n) is 5.32. The highest BCUT2D eigenvalue weighted by Gasteiger charge is 2.14. The van der Waals surface area contributed by atoms with Crippen molar-refractivity contribution in [2.75, 3.05) is 6.54 Å². The summed E-state index contributed by atoms with van der Waals surface area (Å²) in [5, 5.41) is 19.9. The highest BCUT2D eigenvalue weighted by molar-refractivity contribution is 5.91. The Morgan fingerprint density at radius 3 is 2.71 bits per heavy atom. The van der Waals surface area contributed by atoms with Gasteiger partial charge in [0, 0.05) is 19.4 Å². The van der Waals surface area contributed by atoms with Crippen LogP contribution >= 0.6 is 0 Å². The minimum Gasteiger partial charge on any atom is -0.479 e. The number of hydrogen-bond acceptors (Lipinski definition) is 4. The highest BCUT2D eigenvalue weighted by Crippen LogP contribution is 2.08. The molecule has 6 heteroatoms. The summed E-state index contributed by atoms with van der Waals surface area (Å²) in [5.41, 5.74) is 0. The first kappa shape index (κ1) is 13.2. The molecular formula is C11H15NO5. The van der Waals surface area contributed by atoms with Crippen molar-refractivity contribution in [2.45, 2.75) is 25.9 Å². The Balaban J connectivity index is 2.37.